The van der Waals surface area contributed by atoms with Crippen LogP contribution in [0.5, 0.6) is 0 Å². The standard InChI is InChI=1S/C14H32N4O.HI/c1-7-15-13(17-12-14(4,5)19-6)16-10-11-18(8-2)9-3;/h7-12H2,1-6H3,(H2,15,16,17);1H. The molecule has 0 spiro atoms. The second-order valence-corrected chi connectivity index (χ2v) is 5.11. The van der Waals surface area contributed by atoms with E-state index in [9.17, 15) is 0 Å². The van der Waals surface area contributed by atoms with Crippen molar-refractivity contribution in [2.24, 2.45) is 4.99 Å². The van der Waals surface area contributed by atoms with Crippen LogP contribution in [0, 0.1) is 0 Å². The van der Waals surface area contributed by atoms with Crippen molar-refractivity contribution in [3.8, 4) is 0 Å². The van der Waals surface area contributed by atoms with Gasteiger partial charge in [0.05, 0.1) is 12.1 Å². The number of methoxy groups -OCH3 is 1. The van der Waals surface area contributed by atoms with E-state index in [0.29, 0.717) is 6.54 Å². The number of aliphatic imine (C=N–C) groups is 1. The predicted octanol–water partition coefficient (Wildman–Crippen LogP) is 1.93. The maximum atomic E-state index is 5.37. The molecule has 0 rings (SSSR count). The summed E-state index contributed by atoms with van der Waals surface area (Å²) in [4.78, 5) is 6.94. The summed E-state index contributed by atoms with van der Waals surface area (Å²) in [7, 11) is 1.72. The fraction of sp³-hybridized carbons (Fsp3) is 0.929. The molecule has 0 radical (unpaired) electrons. The average molecular weight is 400 g/mol. The van der Waals surface area contributed by atoms with E-state index in [1.165, 1.54) is 0 Å². The summed E-state index contributed by atoms with van der Waals surface area (Å²) in [6.45, 7) is 16.1. The van der Waals surface area contributed by atoms with Gasteiger partial charge >= 0.3 is 0 Å². The summed E-state index contributed by atoms with van der Waals surface area (Å²) < 4.78 is 5.37. The lowest BCUT2D eigenvalue weighted by Gasteiger charge is -2.22. The first kappa shape index (κ1) is 22.2. The Balaban J connectivity index is 0. The summed E-state index contributed by atoms with van der Waals surface area (Å²) in [5.41, 5.74) is -0.221. The Hall–Kier alpha value is -0.0800. The minimum Gasteiger partial charge on any atom is -0.377 e. The van der Waals surface area contributed by atoms with Crippen molar-refractivity contribution in [1.29, 1.82) is 0 Å². The zero-order chi connectivity index (χ0) is 14.7. The topological polar surface area (TPSA) is 48.9 Å². The van der Waals surface area contributed by atoms with Gasteiger partial charge in [0.2, 0.25) is 0 Å². The highest BCUT2D eigenvalue weighted by molar-refractivity contribution is 14.0. The molecule has 122 valence electrons. The molecule has 6 heteroatoms. The average Bonchev–Trinajstić information content (AvgIpc) is 2.41. The van der Waals surface area contributed by atoms with E-state index in [1.54, 1.807) is 7.11 Å². The number of halogens is 1. The zero-order valence-corrected chi connectivity index (χ0v) is 16.3. The van der Waals surface area contributed by atoms with Gasteiger partial charge in [-0.3, -0.25) is 4.99 Å². The number of hydrogen-bond acceptors (Lipinski definition) is 3. The highest BCUT2D eigenvalue weighted by atomic mass is 127. The molecule has 0 aromatic carbocycles. The van der Waals surface area contributed by atoms with Crippen LogP contribution in [0.3, 0.4) is 0 Å². The molecule has 0 saturated carbocycles. The number of rotatable bonds is 9. The Morgan fingerprint density at radius 3 is 2.20 bits per heavy atom. The molecule has 0 aliphatic rings. The molecule has 0 heterocycles. The Kier molecular flexibility index (Phi) is 14.0. The SMILES string of the molecule is CCNC(=NCC(C)(C)OC)NCCN(CC)CC.I. The molecule has 0 saturated heterocycles. The van der Waals surface area contributed by atoms with Crippen LogP contribution < -0.4 is 10.6 Å². The summed E-state index contributed by atoms with van der Waals surface area (Å²) >= 11 is 0. The minimum atomic E-state index is -0.221. The maximum absolute atomic E-state index is 5.37. The van der Waals surface area contributed by atoms with Crippen LogP contribution in [0.25, 0.3) is 0 Å². The van der Waals surface area contributed by atoms with E-state index < -0.39 is 0 Å². The van der Waals surface area contributed by atoms with Crippen molar-refractivity contribution < 1.29 is 4.74 Å². The molecule has 20 heavy (non-hydrogen) atoms. The molecular formula is C14H33IN4O. The number of guanidine groups is 1. The van der Waals surface area contributed by atoms with Crippen LogP contribution in [-0.2, 0) is 4.74 Å². The zero-order valence-electron chi connectivity index (χ0n) is 14.0. The van der Waals surface area contributed by atoms with Crippen molar-refractivity contribution in [1.82, 2.24) is 15.5 Å². The van der Waals surface area contributed by atoms with Crippen molar-refractivity contribution in [3.63, 3.8) is 0 Å². The van der Waals surface area contributed by atoms with Gasteiger partial charge in [-0.05, 0) is 33.9 Å². The third kappa shape index (κ3) is 10.7. The smallest absolute Gasteiger partial charge is 0.191 e. The highest BCUT2D eigenvalue weighted by Crippen LogP contribution is 2.06. The molecule has 0 aliphatic heterocycles. The molecule has 2 N–H and O–H groups in total. The molecule has 0 aromatic heterocycles. The molecule has 0 bridgehead atoms. The molecular weight excluding hydrogens is 367 g/mol. The van der Waals surface area contributed by atoms with Gasteiger partial charge in [-0.15, -0.1) is 24.0 Å². The van der Waals surface area contributed by atoms with Crippen LogP contribution in [0.2, 0.25) is 0 Å². The van der Waals surface area contributed by atoms with Gasteiger partial charge in [0, 0.05) is 26.7 Å². The van der Waals surface area contributed by atoms with Crippen LogP contribution in [0.4, 0.5) is 0 Å². The number of nitrogens with zero attached hydrogens (tertiary/aromatic N) is 2. The summed E-state index contributed by atoms with van der Waals surface area (Å²) in [6.07, 6.45) is 0. The normalized spacial score (nSPS) is 12.2. The van der Waals surface area contributed by atoms with Crippen molar-refractivity contribution in [3.05, 3.63) is 0 Å². The number of hydrogen-bond donors (Lipinski definition) is 2. The second-order valence-electron chi connectivity index (χ2n) is 5.11. The first-order chi connectivity index (χ1) is 8.99. The Bertz CT molecular complexity index is 256. The highest BCUT2D eigenvalue weighted by Gasteiger charge is 2.15. The third-order valence-corrected chi connectivity index (χ3v) is 3.13. The first-order valence-electron chi connectivity index (χ1n) is 7.28. The van der Waals surface area contributed by atoms with Crippen molar-refractivity contribution in [2.75, 3.05) is 46.4 Å². The Morgan fingerprint density at radius 2 is 1.75 bits per heavy atom. The molecule has 0 fully saturated rings. The van der Waals surface area contributed by atoms with Crippen LogP contribution in [0.1, 0.15) is 34.6 Å². The summed E-state index contributed by atoms with van der Waals surface area (Å²) in [5.74, 6) is 0.861. The van der Waals surface area contributed by atoms with Gasteiger partial charge in [-0.2, -0.15) is 0 Å². The Labute approximate surface area is 141 Å². The second kappa shape index (κ2) is 12.6. The van der Waals surface area contributed by atoms with Crippen LogP contribution in [0.15, 0.2) is 4.99 Å². The van der Waals surface area contributed by atoms with Crippen LogP contribution >= 0.6 is 24.0 Å². The van der Waals surface area contributed by atoms with E-state index in [1.807, 2.05) is 13.8 Å². The predicted molar refractivity (Wildman–Crippen MR) is 98.3 cm³/mol. The van der Waals surface area contributed by atoms with Crippen molar-refractivity contribution in [2.45, 2.75) is 40.2 Å². The quantitative estimate of drug-likeness (QED) is 0.353. The molecule has 5 nitrogen and oxygen atoms in total. The number of likely N-dealkylation sites (N-methyl/N-ethyl adjacent to an activating group) is 1. The molecule has 0 aromatic rings. The largest absolute Gasteiger partial charge is 0.377 e. The van der Waals surface area contributed by atoms with Gasteiger partial charge in [0.1, 0.15) is 0 Å². The Morgan fingerprint density at radius 1 is 1.15 bits per heavy atom. The monoisotopic (exact) mass is 400 g/mol. The van der Waals surface area contributed by atoms with E-state index >= 15 is 0 Å². The van der Waals surface area contributed by atoms with Gasteiger partial charge in [-0.25, -0.2) is 0 Å². The number of nitrogens with one attached hydrogen (secondary N) is 2. The molecule has 0 unspecified atom stereocenters. The van der Waals surface area contributed by atoms with E-state index in [4.69, 9.17) is 4.74 Å². The molecule has 0 amide bonds. The fourth-order valence-corrected chi connectivity index (χ4v) is 1.55. The lowest BCUT2D eigenvalue weighted by molar-refractivity contribution is 0.0310. The van der Waals surface area contributed by atoms with E-state index in [-0.39, 0.29) is 29.6 Å². The fourth-order valence-electron chi connectivity index (χ4n) is 1.55. The van der Waals surface area contributed by atoms with Crippen LogP contribution in [-0.4, -0.2) is 62.8 Å². The maximum Gasteiger partial charge on any atom is 0.191 e. The molecule has 0 aliphatic carbocycles. The van der Waals surface area contributed by atoms with Gasteiger partial charge in [0.25, 0.3) is 0 Å². The molecule has 0 atom stereocenters. The minimum absolute atomic E-state index is 0. The van der Waals surface area contributed by atoms with Gasteiger partial charge in [0.15, 0.2) is 5.96 Å². The summed E-state index contributed by atoms with van der Waals surface area (Å²) in [6, 6.07) is 0. The summed E-state index contributed by atoms with van der Waals surface area (Å²) in [5, 5.41) is 6.61. The van der Waals surface area contributed by atoms with Gasteiger partial charge < -0.3 is 20.3 Å². The lowest BCUT2D eigenvalue weighted by Crippen LogP contribution is -2.42. The van der Waals surface area contributed by atoms with Gasteiger partial charge in [-0.1, -0.05) is 13.8 Å². The van der Waals surface area contributed by atoms with Crippen molar-refractivity contribution >= 4 is 29.9 Å². The first-order valence-corrected chi connectivity index (χ1v) is 7.28. The van der Waals surface area contributed by atoms with E-state index in [0.717, 1.165) is 38.7 Å². The third-order valence-electron chi connectivity index (χ3n) is 3.13. The van der Waals surface area contributed by atoms with E-state index in [2.05, 4.69) is 41.3 Å². The number of ether oxygens (including phenoxy) is 1. The lowest BCUT2D eigenvalue weighted by atomic mass is 10.1.